The second-order valence-electron chi connectivity index (χ2n) is 7.86. The number of ether oxygens (including phenoxy) is 1. The fourth-order valence-electron chi connectivity index (χ4n) is 3.92. The van der Waals surface area contributed by atoms with Crippen LogP contribution in [0.15, 0.2) is 103 Å². The highest BCUT2D eigenvalue weighted by molar-refractivity contribution is 6.13. The summed E-state index contributed by atoms with van der Waals surface area (Å²) in [5.41, 5.74) is 3.02. The summed E-state index contributed by atoms with van der Waals surface area (Å²) in [6, 6.07) is 30.9. The predicted molar refractivity (Wildman–Crippen MR) is 128 cm³/mol. The zero-order valence-corrected chi connectivity index (χ0v) is 17.9. The van der Waals surface area contributed by atoms with Crippen molar-refractivity contribution in [3.05, 3.63) is 119 Å². The molecule has 5 nitrogen and oxygen atoms in total. The van der Waals surface area contributed by atoms with Crippen molar-refractivity contribution < 1.29 is 14.3 Å². The van der Waals surface area contributed by atoms with Gasteiger partial charge in [-0.15, -0.1) is 0 Å². The molecule has 0 radical (unpaired) electrons. The second kappa shape index (κ2) is 9.01. The van der Waals surface area contributed by atoms with Gasteiger partial charge in [-0.2, -0.15) is 0 Å². The van der Waals surface area contributed by atoms with Gasteiger partial charge in [0.1, 0.15) is 18.1 Å². The van der Waals surface area contributed by atoms with Crippen LogP contribution in [-0.2, 0) is 17.9 Å². The number of hydrogen-bond acceptors (Lipinski definition) is 3. The molecule has 0 unspecified atom stereocenters. The molecule has 5 heteroatoms. The third-order valence-electron chi connectivity index (χ3n) is 5.59. The maximum Gasteiger partial charge on any atom is 0.329 e. The topological polar surface area (TPSA) is 58.6 Å². The van der Waals surface area contributed by atoms with Gasteiger partial charge in [0.15, 0.2) is 0 Å². The summed E-state index contributed by atoms with van der Waals surface area (Å²) in [6.45, 7) is 0.666. The van der Waals surface area contributed by atoms with Gasteiger partial charge in [-0.3, -0.25) is 9.69 Å². The van der Waals surface area contributed by atoms with Crippen LogP contribution in [0.5, 0.6) is 5.75 Å². The van der Waals surface area contributed by atoms with Gasteiger partial charge in [-0.25, -0.2) is 4.79 Å². The van der Waals surface area contributed by atoms with E-state index in [1.54, 1.807) is 6.08 Å². The van der Waals surface area contributed by atoms with Gasteiger partial charge in [0.2, 0.25) is 0 Å². The predicted octanol–water partition coefficient (Wildman–Crippen LogP) is 5.51. The normalized spacial score (nSPS) is 14.7. The average Bonchev–Trinajstić information content (AvgIpc) is 3.11. The van der Waals surface area contributed by atoms with Crippen molar-refractivity contribution in [2.75, 3.05) is 0 Å². The van der Waals surface area contributed by atoms with Crippen LogP contribution in [0.1, 0.15) is 16.7 Å². The SMILES string of the molecule is O=C1N/C(=C/c2cccc(OCc3cccc4ccccc34)c2)C(=O)N1Cc1ccccc1. The average molecular weight is 434 g/mol. The molecule has 0 saturated carbocycles. The van der Waals surface area contributed by atoms with E-state index in [2.05, 4.69) is 29.6 Å². The fraction of sp³-hybridized carbons (Fsp3) is 0.0714. The summed E-state index contributed by atoms with van der Waals surface area (Å²) in [6.07, 6.45) is 1.68. The zero-order valence-electron chi connectivity index (χ0n) is 17.9. The lowest BCUT2D eigenvalue weighted by atomic mass is 10.1. The van der Waals surface area contributed by atoms with Crippen LogP contribution in [0.25, 0.3) is 16.8 Å². The Hall–Kier alpha value is -4.38. The number of imide groups is 1. The lowest BCUT2D eigenvalue weighted by Crippen LogP contribution is -2.30. The molecule has 1 aliphatic heterocycles. The number of fused-ring (bicyclic) bond motifs is 1. The first-order valence-electron chi connectivity index (χ1n) is 10.8. The van der Waals surface area contributed by atoms with Gasteiger partial charge in [-0.1, -0.05) is 84.9 Å². The molecule has 162 valence electrons. The number of amides is 3. The Labute approximate surface area is 191 Å². The Bertz CT molecular complexity index is 1360. The molecule has 3 amide bonds. The molecule has 0 spiro atoms. The number of benzene rings is 4. The first-order valence-corrected chi connectivity index (χ1v) is 10.8. The summed E-state index contributed by atoms with van der Waals surface area (Å²) < 4.78 is 6.04. The minimum absolute atomic E-state index is 0.233. The fourth-order valence-corrected chi connectivity index (χ4v) is 3.92. The quantitative estimate of drug-likeness (QED) is 0.321. The van der Waals surface area contributed by atoms with E-state index in [4.69, 9.17) is 4.74 Å². The van der Waals surface area contributed by atoms with E-state index in [1.165, 1.54) is 10.3 Å². The van der Waals surface area contributed by atoms with E-state index >= 15 is 0 Å². The van der Waals surface area contributed by atoms with Gasteiger partial charge in [0.05, 0.1) is 6.54 Å². The van der Waals surface area contributed by atoms with Gasteiger partial charge in [0, 0.05) is 0 Å². The lowest BCUT2D eigenvalue weighted by Gasteiger charge is -2.11. The molecule has 0 bridgehead atoms. The van der Waals surface area contributed by atoms with Crippen LogP contribution in [0.2, 0.25) is 0 Å². The summed E-state index contributed by atoms with van der Waals surface area (Å²) in [4.78, 5) is 26.3. The minimum atomic E-state index is -0.418. The molecule has 1 aliphatic rings. The smallest absolute Gasteiger partial charge is 0.329 e. The largest absolute Gasteiger partial charge is 0.489 e. The molecule has 1 fully saturated rings. The molecule has 1 heterocycles. The number of nitrogens with zero attached hydrogens (tertiary/aromatic N) is 1. The van der Waals surface area contributed by atoms with E-state index < -0.39 is 6.03 Å². The lowest BCUT2D eigenvalue weighted by molar-refractivity contribution is -0.123. The van der Waals surface area contributed by atoms with E-state index in [0.717, 1.165) is 22.1 Å². The van der Waals surface area contributed by atoms with E-state index in [9.17, 15) is 9.59 Å². The Balaban J connectivity index is 1.31. The monoisotopic (exact) mass is 434 g/mol. The van der Waals surface area contributed by atoms with Crippen molar-refractivity contribution in [3.63, 3.8) is 0 Å². The van der Waals surface area contributed by atoms with Crippen molar-refractivity contribution in [3.8, 4) is 5.75 Å². The maximum absolute atomic E-state index is 12.8. The number of carbonyl (C=O) groups is 2. The van der Waals surface area contributed by atoms with Crippen LogP contribution < -0.4 is 10.1 Å². The Morgan fingerprint density at radius 3 is 2.45 bits per heavy atom. The second-order valence-corrected chi connectivity index (χ2v) is 7.86. The molecule has 0 atom stereocenters. The van der Waals surface area contributed by atoms with Crippen molar-refractivity contribution in [2.24, 2.45) is 0 Å². The molecule has 1 N–H and O–H groups in total. The maximum atomic E-state index is 12.8. The molecule has 33 heavy (non-hydrogen) atoms. The zero-order chi connectivity index (χ0) is 22.6. The first kappa shape index (κ1) is 20.5. The minimum Gasteiger partial charge on any atom is -0.489 e. The number of urea groups is 1. The number of hydrogen-bond donors (Lipinski definition) is 1. The first-order chi connectivity index (χ1) is 16.2. The molecular weight excluding hydrogens is 412 g/mol. The standard InChI is InChI=1S/C28H22N2O3/c31-27-26(29-28(32)30(27)18-20-8-2-1-3-9-20)17-21-10-6-14-24(16-21)33-19-23-13-7-12-22-11-4-5-15-25(22)23/h1-17H,18-19H2,(H,29,32)/b26-17+. The highest BCUT2D eigenvalue weighted by atomic mass is 16.5. The van der Waals surface area contributed by atoms with E-state index in [-0.39, 0.29) is 18.1 Å². The van der Waals surface area contributed by atoms with Crippen molar-refractivity contribution in [1.82, 2.24) is 10.2 Å². The summed E-state index contributed by atoms with van der Waals surface area (Å²) in [7, 11) is 0. The summed E-state index contributed by atoms with van der Waals surface area (Å²) in [5, 5.41) is 5.01. The number of nitrogens with one attached hydrogen (secondary N) is 1. The van der Waals surface area contributed by atoms with E-state index in [1.807, 2.05) is 72.8 Å². The van der Waals surface area contributed by atoms with Crippen molar-refractivity contribution in [2.45, 2.75) is 13.2 Å². The molecule has 0 aromatic heterocycles. The van der Waals surface area contributed by atoms with Crippen molar-refractivity contribution >= 4 is 28.8 Å². The van der Waals surface area contributed by atoms with Crippen LogP contribution in [0.3, 0.4) is 0 Å². The number of carbonyl (C=O) groups excluding carboxylic acids is 2. The van der Waals surface area contributed by atoms with E-state index in [0.29, 0.717) is 12.4 Å². The van der Waals surface area contributed by atoms with Crippen LogP contribution >= 0.6 is 0 Å². The molecule has 4 aromatic rings. The molecule has 4 aromatic carbocycles. The van der Waals surface area contributed by atoms with Crippen LogP contribution in [-0.4, -0.2) is 16.8 Å². The molecular formula is C28H22N2O3. The Morgan fingerprint density at radius 1 is 0.818 bits per heavy atom. The van der Waals surface area contributed by atoms with Gasteiger partial charge in [0.25, 0.3) is 5.91 Å². The molecule has 1 saturated heterocycles. The van der Waals surface area contributed by atoms with Gasteiger partial charge >= 0.3 is 6.03 Å². The Morgan fingerprint density at radius 2 is 1.58 bits per heavy atom. The molecule has 0 aliphatic carbocycles. The molecule has 5 rings (SSSR count). The van der Waals surface area contributed by atoms with Gasteiger partial charge in [-0.05, 0) is 45.7 Å². The number of rotatable bonds is 6. The van der Waals surface area contributed by atoms with Crippen LogP contribution in [0, 0.1) is 0 Å². The summed E-state index contributed by atoms with van der Waals surface area (Å²) in [5.74, 6) is 0.348. The van der Waals surface area contributed by atoms with Crippen molar-refractivity contribution in [1.29, 1.82) is 0 Å². The van der Waals surface area contributed by atoms with Gasteiger partial charge < -0.3 is 10.1 Å². The summed E-state index contributed by atoms with van der Waals surface area (Å²) >= 11 is 0. The Kier molecular flexibility index (Phi) is 5.60. The highest BCUT2D eigenvalue weighted by Crippen LogP contribution is 2.23. The third kappa shape index (κ3) is 4.48. The highest BCUT2D eigenvalue weighted by Gasteiger charge is 2.33. The third-order valence-corrected chi connectivity index (χ3v) is 5.59. The van der Waals surface area contributed by atoms with Crippen LogP contribution in [0.4, 0.5) is 4.79 Å².